The van der Waals surface area contributed by atoms with Crippen molar-refractivity contribution >= 4 is 23.3 Å². The highest BCUT2D eigenvalue weighted by Crippen LogP contribution is 2.48. The van der Waals surface area contributed by atoms with Crippen LogP contribution in [-0.2, 0) is 21.1 Å². The van der Waals surface area contributed by atoms with Crippen LogP contribution in [0.3, 0.4) is 0 Å². The number of hydrogen-bond acceptors (Lipinski definition) is 6. The van der Waals surface area contributed by atoms with E-state index in [-0.39, 0.29) is 30.5 Å². The number of ether oxygens (including phenoxy) is 1. The number of aryl methyl sites for hydroxylation is 1. The molecule has 0 radical (unpaired) electrons. The van der Waals surface area contributed by atoms with Crippen molar-refractivity contribution in [2.45, 2.75) is 38.3 Å². The van der Waals surface area contributed by atoms with E-state index < -0.39 is 23.2 Å². The number of aromatic nitrogens is 2. The second kappa shape index (κ2) is 10.6. The molecule has 4 heterocycles. The molecule has 2 atom stereocenters. The highest BCUT2D eigenvalue weighted by Gasteiger charge is 2.49. The molecule has 0 bridgehead atoms. The average Bonchev–Trinajstić information content (AvgIpc) is 3.14. The number of alkyl halides is 3. The van der Waals surface area contributed by atoms with Gasteiger partial charge in [0.1, 0.15) is 11.5 Å². The number of carbonyl (C=O) groups is 2. The Labute approximate surface area is 229 Å². The van der Waals surface area contributed by atoms with Crippen LogP contribution in [0.5, 0.6) is 0 Å². The average molecular weight is 555 g/mol. The topological polar surface area (TPSA) is 105 Å². The number of fused-ring (bicyclic) bond motifs is 3. The summed E-state index contributed by atoms with van der Waals surface area (Å²) in [6, 6.07) is 9.17. The van der Waals surface area contributed by atoms with Crippen molar-refractivity contribution < 1.29 is 32.6 Å². The standard InChI is InChI=1S/C29H29F3N4O4/c1-17-3-4-20(35-26(38)18-5-8-33-24(14-18)29(30,31)32)15-21(17)19-13-23-25(34-16-19)36(9-10-37)27(39)22-6-11-40-12-7-28(22,23)2/h3-5,8,13-16,22,37H,6-7,9-12H2,1-2H3,(H,35,38). The Morgan fingerprint density at radius 3 is 2.75 bits per heavy atom. The van der Waals surface area contributed by atoms with E-state index in [9.17, 15) is 27.9 Å². The Hall–Kier alpha value is -3.83. The van der Waals surface area contributed by atoms with Gasteiger partial charge in [0.2, 0.25) is 5.91 Å². The van der Waals surface area contributed by atoms with E-state index in [1.807, 2.05) is 19.1 Å². The number of amides is 2. The van der Waals surface area contributed by atoms with Gasteiger partial charge in [-0.1, -0.05) is 13.0 Å². The van der Waals surface area contributed by atoms with Crippen molar-refractivity contribution in [3.63, 3.8) is 0 Å². The number of aliphatic hydroxyl groups is 1. The van der Waals surface area contributed by atoms with Gasteiger partial charge in [0.15, 0.2) is 0 Å². The Balaban J connectivity index is 1.51. The fourth-order valence-corrected chi connectivity index (χ4v) is 5.59. The predicted molar refractivity (Wildman–Crippen MR) is 142 cm³/mol. The van der Waals surface area contributed by atoms with E-state index in [0.717, 1.165) is 28.5 Å². The lowest BCUT2D eigenvalue weighted by atomic mass is 9.66. The van der Waals surface area contributed by atoms with Crippen molar-refractivity contribution in [3.05, 3.63) is 71.2 Å². The molecule has 11 heteroatoms. The van der Waals surface area contributed by atoms with Crippen LogP contribution in [-0.4, -0.2) is 53.3 Å². The largest absolute Gasteiger partial charge is 0.433 e. The van der Waals surface area contributed by atoms with Gasteiger partial charge in [-0.3, -0.25) is 19.5 Å². The summed E-state index contributed by atoms with van der Waals surface area (Å²) < 4.78 is 44.9. The van der Waals surface area contributed by atoms with Gasteiger partial charge in [-0.15, -0.1) is 0 Å². The van der Waals surface area contributed by atoms with Gasteiger partial charge in [-0.2, -0.15) is 13.2 Å². The number of benzene rings is 1. The number of nitrogens with one attached hydrogen (secondary N) is 1. The molecule has 2 aliphatic rings. The first-order valence-electron chi connectivity index (χ1n) is 13.0. The highest BCUT2D eigenvalue weighted by atomic mass is 19.4. The van der Waals surface area contributed by atoms with Crippen molar-refractivity contribution in [3.8, 4) is 11.1 Å². The van der Waals surface area contributed by atoms with Gasteiger partial charge in [-0.25, -0.2) is 4.98 Å². The summed E-state index contributed by atoms with van der Waals surface area (Å²) in [5.41, 5.74) is 1.89. The summed E-state index contributed by atoms with van der Waals surface area (Å²) in [4.78, 5) is 35.7. The molecular weight excluding hydrogens is 525 g/mol. The quantitative estimate of drug-likeness (QED) is 0.472. The molecule has 0 spiro atoms. The van der Waals surface area contributed by atoms with Crippen molar-refractivity contribution in [2.75, 3.05) is 36.6 Å². The second-order valence-corrected chi connectivity index (χ2v) is 10.3. The summed E-state index contributed by atoms with van der Waals surface area (Å²) in [5, 5.41) is 12.3. The number of nitrogens with zero attached hydrogens (tertiary/aromatic N) is 3. The third-order valence-corrected chi connectivity index (χ3v) is 7.83. The molecule has 210 valence electrons. The Kier molecular flexibility index (Phi) is 7.36. The van der Waals surface area contributed by atoms with E-state index in [2.05, 4.69) is 22.2 Å². The van der Waals surface area contributed by atoms with Crippen LogP contribution in [0.15, 0.2) is 48.8 Å². The smallest absolute Gasteiger partial charge is 0.395 e. The van der Waals surface area contributed by atoms with E-state index in [4.69, 9.17) is 4.74 Å². The molecule has 8 nitrogen and oxygen atoms in total. The molecule has 1 saturated heterocycles. The zero-order valence-corrected chi connectivity index (χ0v) is 22.1. The van der Waals surface area contributed by atoms with Crippen LogP contribution < -0.4 is 10.2 Å². The van der Waals surface area contributed by atoms with Crippen LogP contribution in [0.1, 0.15) is 46.9 Å². The van der Waals surface area contributed by atoms with Crippen LogP contribution in [0, 0.1) is 12.8 Å². The van der Waals surface area contributed by atoms with E-state index in [1.165, 1.54) is 6.07 Å². The lowest BCUT2D eigenvalue weighted by Gasteiger charge is -2.44. The molecule has 2 aromatic heterocycles. The minimum Gasteiger partial charge on any atom is -0.395 e. The summed E-state index contributed by atoms with van der Waals surface area (Å²) >= 11 is 0. The number of pyridine rings is 2. The fraction of sp³-hybridized carbons (Fsp3) is 0.379. The lowest BCUT2D eigenvalue weighted by Crippen LogP contribution is -2.52. The first kappa shape index (κ1) is 27.7. The lowest BCUT2D eigenvalue weighted by molar-refractivity contribution is -0.141. The van der Waals surface area contributed by atoms with E-state index in [0.29, 0.717) is 43.6 Å². The van der Waals surface area contributed by atoms with Crippen LogP contribution in [0.2, 0.25) is 0 Å². The molecular formula is C29H29F3N4O4. The minimum absolute atomic E-state index is 0.0690. The SMILES string of the molecule is Cc1ccc(NC(=O)c2ccnc(C(F)(F)F)c2)cc1-c1cnc2c(c1)C1(C)CCOCCC1C(=O)N2CCO. The van der Waals surface area contributed by atoms with E-state index >= 15 is 0 Å². The van der Waals surface area contributed by atoms with Gasteiger partial charge in [-0.05, 0) is 61.2 Å². The number of β-amino-alcohol motifs (C(OH)–C–C–N with tert-alkyl or cyclic N) is 1. The van der Waals surface area contributed by atoms with Crippen molar-refractivity contribution in [2.24, 2.45) is 5.92 Å². The molecule has 40 heavy (non-hydrogen) atoms. The normalized spacial score (nSPS) is 20.9. The monoisotopic (exact) mass is 554 g/mol. The number of rotatable bonds is 5. The highest BCUT2D eigenvalue weighted by molar-refractivity contribution is 6.04. The van der Waals surface area contributed by atoms with Crippen LogP contribution in [0.25, 0.3) is 11.1 Å². The second-order valence-electron chi connectivity index (χ2n) is 10.3. The first-order chi connectivity index (χ1) is 19.0. The summed E-state index contributed by atoms with van der Waals surface area (Å²) in [7, 11) is 0. The summed E-state index contributed by atoms with van der Waals surface area (Å²) in [6.07, 6.45) is -0.862. The zero-order chi connectivity index (χ0) is 28.7. The Bertz CT molecular complexity index is 1460. The summed E-state index contributed by atoms with van der Waals surface area (Å²) in [5.74, 6) is -0.567. The molecule has 2 N–H and O–H groups in total. The number of anilines is 2. The molecule has 2 aliphatic heterocycles. The number of aliphatic hydroxyl groups excluding tert-OH is 1. The molecule has 1 aromatic carbocycles. The Morgan fingerprint density at radius 1 is 1.20 bits per heavy atom. The van der Waals surface area contributed by atoms with Crippen molar-refractivity contribution in [1.82, 2.24) is 9.97 Å². The van der Waals surface area contributed by atoms with Gasteiger partial charge in [0, 0.05) is 53.4 Å². The maximum Gasteiger partial charge on any atom is 0.433 e. The third-order valence-electron chi connectivity index (χ3n) is 7.83. The van der Waals surface area contributed by atoms with Gasteiger partial charge >= 0.3 is 6.18 Å². The van der Waals surface area contributed by atoms with Gasteiger partial charge in [0.05, 0.1) is 19.1 Å². The minimum atomic E-state index is -4.66. The molecule has 0 saturated carbocycles. The van der Waals surface area contributed by atoms with Gasteiger partial charge < -0.3 is 15.2 Å². The maximum atomic E-state index is 13.4. The van der Waals surface area contributed by atoms with Gasteiger partial charge in [0.25, 0.3) is 5.91 Å². The molecule has 1 fully saturated rings. The Morgan fingerprint density at radius 2 is 2.00 bits per heavy atom. The molecule has 0 aliphatic carbocycles. The fourth-order valence-electron chi connectivity index (χ4n) is 5.59. The van der Waals surface area contributed by atoms with Crippen LogP contribution >= 0.6 is 0 Å². The van der Waals surface area contributed by atoms with Crippen LogP contribution in [0.4, 0.5) is 24.7 Å². The third kappa shape index (κ3) is 5.06. The molecule has 3 aromatic rings. The van der Waals surface area contributed by atoms with E-state index in [1.54, 1.807) is 23.2 Å². The molecule has 2 unspecified atom stereocenters. The zero-order valence-electron chi connectivity index (χ0n) is 22.1. The summed E-state index contributed by atoms with van der Waals surface area (Å²) in [6.45, 7) is 4.89. The number of carbonyl (C=O) groups excluding carboxylic acids is 2. The number of halogens is 3. The maximum absolute atomic E-state index is 13.4. The molecule has 5 rings (SSSR count). The first-order valence-corrected chi connectivity index (χ1v) is 13.0. The predicted octanol–water partition coefficient (Wildman–Crippen LogP) is 4.75. The number of hydrogen-bond donors (Lipinski definition) is 2. The molecule has 2 amide bonds. The van der Waals surface area contributed by atoms with Crippen molar-refractivity contribution in [1.29, 1.82) is 0 Å².